The van der Waals surface area contributed by atoms with Gasteiger partial charge in [0.25, 0.3) is 10.0 Å². The van der Waals surface area contributed by atoms with Crippen molar-refractivity contribution in [1.82, 2.24) is 4.31 Å². The van der Waals surface area contributed by atoms with E-state index in [1.165, 1.54) is 21.3 Å². The van der Waals surface area contributed by atoms with Crippen molar-refractivity contribution in [3.8, 4) is 0 Å². The second-order valence-electron chi connectivity index (χ2n) is 6.75. The lowest BCUT2D eigenvalue weighted by Crippen LogP contribution is -2.65. The molecule has 0 aromatic rings. The maximum atomic E-state index is 14.0. The summed E-state index contributed by atoms with van der Waals surface area (Å²) in [6.07, 6.45) is -8.85. The molecule has 0 spiro atoms. The molecule has 0 amide bonds. The van der Waals surface area contributed by atoms with Gasteiger partial charge in [0.15, 0.2) is 0 Å². The summed E-state index contributed by atoms with van der Waals surface area (Å²) in [6.45, 7) is -2.42. The van der Waals surface area contributed by atoms with Gasteiger partial charge in [-0.25, -0.2) is 8.42 Å². The molecule has 0 aromatic carbocycles. The minimum Gasteiger partial charge on any atom is -0.389 e. The molecule has 0 saturated carbocycles. The summed E-state index contributed by atoms with van der Waals surface area (Å²) in [5.74, 6) is -14.7. The molecule has 0 bridgehead atoms. The van der Waals surface area contributed by atoms with Crippen molar-refractivity contribution in [2.45, 2.75) is 48.8 Å². The van der Waals surface area contributed by atoms with Crippen LogP contribution < -0.4 is 0 Å². The fraction of sp³-hybridized carbons (Fsp3) is 1.00. The average Bonchev–Trinajstić information content (AvgIpc) is 2.73. The Labute approximate surface area is 191 Å². The molecule has 34 heavy (non-hydrogen) atoms. The van der Waals surface area contributed by atoms with Gasteiger partial charge in [0, 0.05) is 47.1 Å². The Morgan fingerprint density at radius 1 is 0.912 bits per heavy atom. The molecular weight excluding hydrogens is 537 g/mol. The number of ether oxygens (including phenoxy) is 1. The molecule has 0 aliphatic heterocycles. The van der Waals surface area contributed by atoms with E-state index in [0.717, 1.165) is 6.92 Å². The van der Waals surface area contributed by atoms with Crippen LogP contribution in [-0.4, -0.2) is 104 Å². The van der Waals surface area contributed by atoms with Crippen LogP contribution in [0.1, 0.15) is 13.3 Å². The summed E-state index contributed by atoms with van der Waals surface area (Å²) >= 11 is 0. The van der Waals surface area contributed by atoms with E-state index in [2.05, 4.69) is 0 Å². The van der Waals surface area contributed by atoms with E-state index >= 15 is 0 Å². The van der Waals surface area contributed by atoms with Crippen molar-refractivity contribution in [1.29, 1.82) is 0 Å². The molecule has 1 unspecified atom stereocenters. The van der Waals surface area contributed by atoms with Crippen molar-refractivity contribution in [3.63, 3.8) is 0 Å². The molecule has 19 heteroatoms. The summed E-state index contributed by atoms with van der Waals surface area (Å²) in [7, 11) is -5.72. The minimum absolute atomic E-state index is 0.104. The van der Waals surface area contributed by atoms with Crippen LogP contribution in [0.5, 0.6) is 0 Å². The highest BCUT2D eigenvalue weighted by Crippen LogP contribution is 2.55. The van der Waals surface area contributed by atoms with Crippen molar-refractivity contribution in [2.75, 3.05) is 47.6 Å². The number of aliphatic hydroxyl groups excluding tert-OH is 1. The summed E-state index contributed by atoms with van der Waals surface area (Å²) in [5, 5.41) is 2.94. The van der Waals surface area contributed by atoms with Gasteiger partial charge < -0.3 is 23.1 Å². The quantitative estimate of drug-likeness (QED) is 0.175. The number of alkyl halides is 9. The molecule has 8 nitrogen and oxygen atoms in total. The number of hydrogen-bond donors (Lipinski definition) is 1. The second kappa shape index (κ2) is 12.0. The standard InChI is InChI=1S/C15H26F9NO7SSi/c1-5-25(9-11(26)10-32-7-6-8-34(29-2,30-3)31-4)33(27,28)15(23,24)13(18,19)12(16,17)14(20,21)22/h11,26H,5-10H2,1-4H3. The zero-order chi connectivity index (χ0) is 27.2. The smallest absolute Gasteiger partial charge is 0.389 e. The van der Waals surface area contributed by atoms with Gasteiger partial charge in [-0.1, -0.05) is 6.92 Å². The Morgan fingerprint density at radius 3 is 1.76 bits per heavy atom. The predicted octanol–water partition coefficient (Wildman–Crippen LogP) is 2.71. The minimum atomic E-state index is -7.37. The summed E-state index contributed by atoms with van der Waals surface area (Å²) < 4.78 is 161. The Hall–Kier alpha value is -0.703. The number of aliphatic hydroxyl groups is 1. The second-order valence-corrected chi connectivity index (χ2v) is 11.8. The first-order valence-electron chi connectivity index (χ1n) is 9.35. The third-order valence-corrected chi connectivity index (χ3v) is 9.39. The first kappa shape index (κ1) is 33.3. The van der Waals surface area contributed by atoms with E-state index in [-0.39, 0.29) is 19.1 Å². The van der Waals surface area contributed by atoms with E-state index in [0.29, 0.717) is 0 Å². The Kier molecular flexibility index (Phi) is 11.8. The van der Waals surface area contributed by atoms with Crippen molar-refractivity contribution >= 4 is 18.8 Å². The third kappa shape index (κ3) is 6.74. The lowest BCUT2D eigenvalue weighted by molar-refractivity contribution is -0.382. The van der Waals surface area contributed by atoms with Crippen LogP contribution in [0.4, 0.5) is 39.5 Å². The van der Waals surface area contributed by atoms with Crippen LogP contribution >= 0.6 is 0 Å². The molecule has 0 saturated heterocycles. The van der Waals surface area contributed by atoms with Crippen LogP contribution in [0.3, 0.4) is 0 Å². The zero-order valence-electron chi connectivity index (χ0n) is 18.5. The van der Waals surface area contributed by atoms with Crippen LogP contribution in [0.15, 0.2) is 0 Å². The van der Waals surface area contributed by atoms with Gasteiger partial charge in [-0.2, -0.15) is 43.8 Å². The molecule has 1 atom stereocenters. The van der Waals surface area contributed by atoms with Crippen LogP contribution in [0.25, 0.3) is 0 Å². The Morgan fingerprint density at radius 2 is 1.38 bits per heavy atom. The molecule has 1 N–H and O–H groups in total. The molecule has 0 aliphatic carbocycles. The summed E-state index contributed by atoms with van der Waals surface area (Å²) in [4.78, 5) is 0. The van der Waals surface area contributed by atoms with Gasteiger partial charge in [-0.15, -0.1) is 0 Å². The Bertz CT molecular complexity index is 728. The van der Waals surface area contributed by atoms with E-state index in [1.54, 1.807) is 0 Å². The van der Waals surface area contributed by atoms with Gasteiger partial charge in [-0.05, 0) is 6.42 Å². The fourth-order valence-corrected chi connectivity index (χ4v) is 5.71. The van der Waals surface area contributed by atoms with Gasteiger partial charge in [-0.3, -0.25) is 0 Å². The zero-order valence-corrected chi connectivity index (χ0v) is 20.3. The highest BCUT2D eigenvalue weighted by atomic mass is 32.2. The maximum absolute atomic E-state index is 14.0. The highest BCUT2D eigenvalue weighted by Gasteiger charge is 2.85. The van der Waals surface area contributed by atoms with E-state index in [4.69, 9.17) is 18.0 Å². The third-order valence-electron chi connectivity index (χ3n) is 4.56. The van der Waals surface area contributed by atoms with Crippen LogP contribution in [-0.2, 0) is 28.0 Å². The van der Waals surface area contributed by atoms with Gasteiger partial charge in [0.2, 0.25) is 0 Å². The fourth-order valence-electron chi connectivity index (χ4n) is 2.54. The lowest BCUT2D eigenvalue weighted by atomic mass is 10.1. The van der Waals surface area contributed by atoms with Gasteiger partial charge in [0.1, 0.15) is 0 Å². The van der Waals surface area contributed by atoms with Gasteiger partial charge >= 0.3 is 32.1 Å². The number of rotatable bonds is 16. The normalized spacial score (nSPS) is 15.7. The predicted molar refractivity (Wildman–Crippen MR) is 100 cm³/mol. The number of sulfonamides is 1. The van der Waals surface area contributed by atoms with Crippen LogP contribution in [0, 0.1) is 0 Å². The largest absolute Gasteiger partial charge is 0.500 e. The van der Waals surface area contributed by atoms with Gasteiger partial charge in [0.05, 0.1) is 12.7 Å². The molecule has 0 aromatic heterocycles. The molecule has 0 radical (unpaired) electrons. The SMILES string of the molecule is CCN(CC(O)COCCC[Si](OC)(OC)OC)S(=O)(=O)C(F)(F)C(F)(F)C(F)(F)C(F)(F)F. The maximum Gasteiger partial charge on any atom is 0.500 e. The number of halogens is 9. The molecule has 0 heterocycles. The topological polar surface area (TPSA) is 94.5 Å². The van der Waals surface area contributed by atoms with E-state index in [1.807, 2.05) is 0 Å². The molecule has 206 valence electrons. The van der Waals surface area contributed by atoms with Crippen molar-refractivity contribution in [2.24, 2.45) is 0 Å². The molecular formula is C15H26F9NO7SSi. The molecule has 0 fully saturated rings. The summed E-state index contributed by atoms with van der Waals surface area (Å²) in [5.41, 5.74) is 0. The van der Waals surface area contributed by atoms with Crippen molar-refractivity contribution in [3.05, 3.63) is 0 Å². The van der Waals surface area contributed by atoms with Crippen molar-refractivity contribution < 1.29 is 71.1 Å². The average molecular weight is 564 g/mol. The van der Waals surface area contributed by atoms with E-state index < -0.39 is 72.2 Å². The first-order chi connectivity index (χ1) is 15.2. The summed E-state index contributed by atoms with van der Waals surface area (Å²) in [6, 6.07) is 0.247. The highest BCUT2D eigenvalue weighted by molar-refractivity contribution is 7.90. The monoisotopic (exact) mass is 563 g/mol. The number of hydrogen-bond acceptors (Lipinski definition) is 7. The number of nitrogens with zero attached hydrogens (tertiary/aromatic N) is 1. The van der Waals surface area contributed by atoms with Crippen LogP contribution in [0.2, 0.25) is 6.04 Å². The number of likely N-dealkylation sites (N-methyl/N-ethyl adjacent to an activating group) is 1. The molecule has 0 aliphatic rings. The lowest BCUT2D eigenvalue weighted by Gasteiger charge is -2.35. The Balaban J connectivity index is 5.29. The first-order valence-corrected chi connectivity index (χ1v) is 12.7. The molecule has 0 rings (SSSR count). The van der Waals surface area contributed by atoms with E-state index in [9.17, 15) is 53.0 Å².